The molecule has 1 aromatic heterocycles. The first-order chi connectivity index (χ1) is 15.8. The zero-order chi connectivity index (χ0) is 21.8. The van der Waals surface area contributed by atoms with Crippen LogP contribution in [0, 0.1) is 5.92 Å². The molecule has 2 fully saturated rings. The fourth-order valence-electron chi connectivity index (χ4n) is 5.30. The van der Waals surface area contributed by atoms with Crippen molar-refractivity contribution in [3.63, 3.8) is 0 Å². The van der Waals surface area contributed by atoms with Crippen LogP contribution in [-0.2, 0) is 17.6 Å². The van der Waals surface area contributed by atoms with Crippen molar-refractivity contribution in [1.82, 2.24) is 4.98 Å². The minimum absolute atomic E-state index is 0.402. The highest BCUT2D eigenvalue weighted by atomic mass is 16.1. The van der Waals surface area contributed by atoms with Crippen LogP contribution in [0.4, 0.5) is 0 Å². The van der Waals surface area contributed by atoms with Gasteiger partial charge in [0, 0.05) is 30.1 Å². The maximum Gasteiger partial charge on any atom is 0.135 e. The van der Waals surface area contributed by atoms with E-state index in [-0.39, 0.29) is 0 Å². The monoisotopic (exact) mass is 427 g/mol. The second kappa shape index (κ2) is 10.1. The third kappa shape index (κ3) is 5.39. The van der Waals surface area contributed by atoms with Gasteiger partial charge in [-0.2, -0.15) is 0 Å². The van der Waals surface area contributed by atoms with E-state index < -0.39 is 0 Å². The van der Waals surface area contributed by atoms with Gasteiger partial charge in [-0.1, -0.05) is 49.2 Å². The fourth-order valence-corrected chi connectivity index (χ4v) is 5.30. The van der Waals surface area contributed by atoms with Crippen LogP contribution >= 0.6 is 0 Å². The number of pyridine rings is 1. The number of hydrogen-bond donors (Lipinski definition) is 0. The SMILES string of the molecule is O=C(CCCCCc1nc(Cc2ccc(C3=CCCC3)cc2)ccc1C1CC1)C1CCC1. The summed E-state index contributed by atoms with van der Waals surface area (Å²) in [7, 11) is 0. The van der Waals surface area contributed by atoms with E-state index in [0.717, 1.165) is 57.3 Å². The first-order valence-corrected chi connectivity index (χ1v) is 13.1. The molecule has 32 heavy (non-hydrogen) atoms. The topological polar surface area (TPSA) is 30.0 Å². The van der Waals surface area contributed by atoms with Crippen molar-refractivity contribution >= 4 is 11.4 Å². The molecule has 0 amide bonds. The zero-order valence-electron chi connectivity index (χ0n) is 19.5. The molecule has 0 spiro atoms. The molecule has 2 nitrogen and oxygen atoms in total. The molecular formula is C30H37NO. The number of benzene rings is 1. The molecule has 168 valence electrons. The van der Waals surface area contributed by atoms with Gasteiger partial charge in [0.2, 0.25) is 0 Å². The maximum absolute atomic E-state index is 12.1. The van der Waals surface area contributed by atoms with Crippen molar-refractivity contribution in [2.75, 3.05) is 0 Å². The average molecular weight is 428 g/mol. The van der Waals surface area contributed by atoms with Gasteiger partial charge >= 0.3 is 0 Å². The van der Waals surface area contributed by atoms with Gasteiger partial charge in [0.25, 0.3) is 0 Å². The second-order valence-electron chi connectivity index (χ2n) is 10.3. The smallest absolute Gasteiger partial charge is 0.135 e. The summed E-state index contributed by atoms with van der Waals surface area (Å²) in [5, 5.41) is 0. The molecule has 0 N–H and O–H groups in total. The van der Waals surface area contributed by atoms with E-state index in [0.29, 0.717) is 11.7 Å². The molecule has 3 aliphatic rings. The molecule has 1 heterocycles. The molecule has 2 saturated carbocycles. The van der Waals surface area contributed by atoms with Gasteiger partial charge in [0.1, 0.15) is 5.78 Å². The summed E-state index contributed by atoms with van der Waals surface area (Å²) in [6.07, 6.45) is 18.4. The van der Waals surface area contributed by atoms with Crippen LogP contribution in [0.1, 0.15) is 111 Å². The predicted octanol–water partition coefficient (Wildman–Crippen LogP) is 7.59. The lowest BCUT2D eigenvalue weighted by Crippen LogP contribution is -2.21. The van der Waals surface area contributed by atoms with Crippen LogP contribution in [0.2, 0.25) is 0 Å². The van der Waals surface area contributed by atoms with Gasteiger partial charge in [-0.25, -0.2) is 0 Å². The van der Waals surface area contributed by atoms with E-state index in [1.807, 2.05) is 0 Å². The second-order valence-corrected chi connectivity index (χ2v) is 10.3. The zero-order valence-corrected chi connectivity index (χ0v) is 19.5. The highest BCUT2D eigenvalue weighted by Gasteiger charge is 2.27. The van der Waals surface area contributed by atoms with E-state index >= 15 is 0 Å². The van der Waals surface area contributed by atoms with Crippen LogP contribution in [0.15, 0.2) is 42.5 Å². The number of Topliss-reactive ketones (excluding diaryl/α,β-unsaturated/α-hetero) is 1. The Bertz CT molecular complexity index is 963. The third-order valence-electron chi connectivity index (χ3n) is 7.73. The molecule has 5 rings (SSSR count). The quantitative estimate of drug-likeness (QED) is 0.346. The standard InChI is InChI=1S/C30H37NO/c32-30(26-9-6-10-26)12-3-1-2-11-29-28(25-17-18-25)20-19-27(31-29)21-22-13-15-24(16-14-22)23-7-4-5-8-23/h7,13-16,19-20,25-26H,1-6,8-12,17-18,21H2. The van der Waals surface area contributed by atoms with Gasteiger partial charge < -0.3 is 0 Å². The number of rotatable bonds is 11. The fraction of sp³-hybridized carbons (Fsp3) is 0.533. The van der Waals surface area contributed by atoms with Crippen LogP contribution < -0.4 is 0 Å². The van der Waals surface area contributed by atoms with E-state index in [9.17, 15) is 4.79 Å². The summed E-state index contributed by atoms with van der Waals surface area (Å²) in [5.41, 5.74) is 8.25. The Morgan fingerprint density at radius 3 is 2.44 bits per heavy atom. The summed E-state index contributed by atoms with van der Waals surface area (Å²) < 4.78 is 0. The van der Waals surface area contributed by atoms with Crippen molar-refractivity contribution < 1.29 is 4.79 Å². The van der Waals surface area contributed by atoms with Crippen LogP contribution in [0.5, 0.6) is 0 Å². The molecular weight excluding hydrogens is 390 g/mol. The number of allylic oxidation sites excluding steroid dienone is 2. The van der Waals surface area contributed by atoms with Gasteiger partial charge in [0.15, 0.2) is 0 Å². The van der Waals surface area contributed by atoms with Crippen molar-refractivity contribution in [2.24, 2.45) is 5.92 Å². The summed E-state index contributed by atoms with van der Waals surface area (Å²) >= 11 is 0. The molecule has 2 aromatic rings. The average Bonchev–Trinajstić information content (AvgIpc) is 3.46. The van der Waals surface area contributed by atoms with E-state index in [1.54, 1.807) is 0 Å². The Kier molecular flexibility index (Phi) is 6.86. The van der Waals surface area contributed by atoms with Crippen molar-refractivity contribution in [3.05, 3.63) is 70.6 Å². The Morgan fingerprint density at radius 2 is 1.75 bits per heavy atom. The first kappa shape index (κ1) is 21.6. The lowest BCUT2D eigenvalue weighted by Gasteiger charge is -2.23. The molecule has 1 aromatic carbocycles. The lowest BCUT2D eigenvalue weighted by molar-refractivity contribution is -0.125. The molecule has 2 heteroatoms. The van der Waals surface area contributed by atoms with Gasteiger partial charge in [-0.3, -0.25) is 9.78 Å². The number of ketones is 1. The first-order valence-electron chi connectivity index (χ1n) is 13.1. The van der Waals surface area contributed by atoms with Crippen LogP contribution in [0.25, 0.3) is 5.57 Å². The van der Waals surface area contributed by atoms with Crippen molar-refractivity contribution in [1.29, 1.82) is 0 Å². The Hall–Kier alpha value is -2.22. The summed E-state index contributed by atoms with van der Waals surface area (Å²) in [6, 6.07) is 13.7. The number of aromatic nitrogens is 1. The number of hydrogen-bond acceptors (Lipinski definition) is 2. The van der Waals surface area contributed by atoms with E-state index in [1.165, 1.54) is 72.2 Å². The molecule has 0 atom stereocenters. The van der Waals surface area contributed by atoms with Crippen LogP contribution in [-0.4, -0.2) is 10.8 Å². The van der Waals surface area contributed by atoms with Gasteiger partial charge in [-0.05, 0) is 98.5 Å². The lowest BCUT2D eigenvalue weighted by atomic mass is 9.80. The maximum atomic E-state index is 12.1. The minimum atomic E-state index is 0.402. The Labute approximate surface area is 193 Å². The number of carbonyl (C=O) groups excluding carboxylic acids is 1. The summed E-state index contributed by atoms with van der Waals surface area (Å²) in [5.74, 6) is 1.66. The minimum Gasteiger partial charge on any atom is -0.299 e. The Morgan fingerprint density at radius 1 is 0.906 bits per heavy atom. The largest absolute Gasteiger partial charge is 0.299 e. The number of unbranched alkanes of at least 4 members (excludes halogenated alkanes) is 2. The van der Waals surface area contributed by atoms with Crippen LogP contribution in [0.3, 0.4) is 0 Å². The van der Waals surface area contributed by atoms with Gasteiger partial charge in [-0.15, -0.1) is 0 Å². The normalized spacial score (nSPS) is 18.4. The highest BCUT2D eigenvalue weighted by Crippen LogP contribution is 2.41. The molecule has 3 aliphatic carbocycles. The Balaban J connectivity index is 1.17. The molecule has 0 saturated heterocycles. The van der Waals surface area contributed by atoms with Gasteiger partial charge in [0.05, 0.1) is 0 Å². The number of nitrogens with zero attached hydrogens (tertiary/aromatic N) is 1. The number of aryl methyl sites for hydroxylation is 1. The number of carbonyl (C=O) groups is 1. The summed E-state index contributed by atoms with van der Waals surface area (Å²) in [4.78, 5) is 17.2. The predicted molar refractivity (Wildman–Crippen MR) is 132 cm³/mol. The van der Waals surface area contributed by atoms with Crippen molar-refractivity contribution in [2.45, 2.75) is 95.8 Å². The molecule has 0 unspecified atom stereocenters. The van der Waals surface area contributed by atoms with E-state index in [2.05, 4.69) is 42.5 Å². The molecule has 0 radical (unpaired) electrons. The third-order valence-corrected chi connectivity index (χ3v) is 7.73. The van der Waals surface area contributed by atoms with E-state index in [4.69, 9.17) is 4.98 Å². The highest BCUT2D eigenvalue weighted by molar-refractivity contribution is 5.81. The van der Waals surface area contributed by atoms with Crippen molar-refractivity contribution in [3.8, 4) is 0 Å². The molecule has 0 aliphatic heterocycles. The summed E-state index contributed by atoms with van der Waals surface area (Å²) in [6.45, 7) is 0. The molecule has 0 bridgehead atoms.